The van der Waals surface area contributed by atoms with Gasteiger partial charge in [-0.25, -0.2) is 0 Å². The van der Waals surface area contributed by atoms with Crippen molar-refractivity contribution in [3.05, 3.63) is 28.8 Å². The van der Waals surface area contributed by atoms with Gasteiger partial charge in [-0.15, -0.1) is 0 Å². The monoisotopic (exact) mass is 318 g/mol. The molecule has 0 aliphatic carbocycles. The van der Waals surface area contributed by atoms with Crippen LogP contribution in [0.2, 0.25) is 5.02 Å². The van der Waals surface area contributed by atoms with Crippen molar-refractivity contribution in [1.82, 2.24) is 10.2 Å². The Bertz CT molecular complexity index is 459. The molecule has 3 nitrogen and oxygen atoms in total. The minimum Gasteiger partial charge on any atom is -0.434 e. The van der Waals surface area contributed by atoms with Gasteiger partial charge in [0.1, 0.15) is 5.75 Å². The van der Waals surface area contributed by atoms with Gasteiger partial charge >= 0.3 is 6.61 Å². The van der Waals surface area contributed by atoms with Crippen LogP contribution in [0, 0.1) is 5.92 Å². The summed E-state index contributed by atoms with van der Waals surface area (Å²) in [6.45, 7) is 4.01. The zero-order chi connectivity index (χ0) is 15.2. The van der Waals surface area contributed by atoms with Gasteiger partial charge in [-0.3, -0.25) is 0 Å². The van der Waals surface area contributed by atoms with E-state index in [1.807, 2.05) is 0 Å². The molecule has 1 saturated heterocycles. The van der Waals surface area contributed by atoms with Gasteiger partial charge < -0.3 is 15.0 Å². The van der Waals surface area contributed by atoms with Crippen molar-refractivity contribution in [3.8, 4) is 5.75 Å². The summed E-state index contributed by atoms with van der Waals surface area (Å²) in [6.07, 6.45) is 1.18. The van der Waals surface area contributed by atoms with E-state index < -0.39 is 6.61 Å². The maximum Gasteiger partial charge on any atom is 0.387 e. The third-order valence-corrected chi connectivity index (χ3v) is 4.04. The van der Waals surface area contributed by atoms with E-state index in [1.165, 1.54) is 12.5 Å². The topological polar surface area (TPSA) is 24.5 Å². The molecular formula is C15H21ClF2N2O. The van der Waals surface area contributed by atoms with Crippen LogP contribution < -0.4 is 10.1 Å². The van der Waals surface area contributed by atoms with E-state index in [-0.39, 0.29) is 5.75 Å². The van der Waals surface area contributed by atoms with Crippen molar-refractivity contribution >= 4 is 11.6 Å². The number of alkyl halides is 2. The fourth-order valence-electron chi connectivity index (χ4n) is 2.67. The number of nitrogens with zero attached hydrogens (tertiary/aromatic N) is 1. The van der Waals surface area contributed by atoms with Crippen molar-refractivity contribution in [2.75, 3.05) is 26.2 Å². The van der Waals surface area contributed by atoms with E-state index in [2.05, 4.69) is 21.9 Å². The average Bonchev–Trinajstić information content (AvgIpc) is 2.89. The minimum absolute atomic E-state index is 0.184. The molecule has 118 valence electrons. The van der Waals surface area contributed by atoms with Gasteiger partial charge in [0.15, 0.2) is 0 Å². The molecule has 0 aromatic heterocycles. The highest BCUT2D eigenvalue weighted by atomic mass is 35.5. The number of halogens is 3. The lowest BCUT2D eigenvalue weighted by Crippen LogP contribution is -2.26. The zero-order valence-electron chi connectivity index (χ0n) is 12.1. The normalized spacial score (nSPS) is 19.4. The summed E-state index contributed by atoms with van der Waals surface area (Å²) in [4.78, 5) is 2.41. The van der Waals surface area contributed by atoms with Crippen molar-refractivity contribution in [2.24, 2.45) is 5.92 Å². The van der Waals surface area contributed by atoms with Crippen molar-refractivity contribution in [3.63, 3.8) is 0 Å². The first kappa shape index (κ1) is 16.5. The number of hydrogen-bond donors (Lipinski definition) is 1. The number of likely N-dealkylation sites (tertiary alicyclic amines) is 1. The minimum atomic E-state index is -2.82. The number of rotatable bonds is 7. The third kappa shape index (κ3) is 5.09. The summed E-state index contributed by atoms with van der Waals surface area (Å²) >= 11 is 5.92. The molecule has 1 atom stereocenters. The maximum absolute atomic E-state index is 12.4. The number of benzene rings is 1. The molecule has 1 aliphatic heterocycles. The lowest BCUT2D eigenvalue weighted by atomic mass is 10.1. The molecule has 21 heavy (non-hydrogen) atoms. The molecule has 1 N–H and O–H groups in total. The van der Waals surface area contributed by atoms with Gasteiger partial charge in [-0.05, 0) is 50.2 Å². The van der Waals surface area contributed by atoms with Crippen LogP contribution in [0.25, 0.3) is 0 Å². The first-order valence-electron chi connectivity index (χ1n) is 7.24. The number of hydrogen-bond acceptors (Lipinski definition) is 3. The van der Waals surface area contributed by atoms with Crippen molar-refractivity contribution in [2.45, 2.75) is 26.5 Å². The summed E-state index contributed by atoms with van der Waals surface area (Å²) in [5.41, 5.74) is 0.660. The quantitative estimate of drug-likeness (QED) is 0.834. The van der Waals surface area contributed by atoms with E-state index >= 15 is 0 Å². The molecule has 1 heterocycles. The highest BCUT2D eigenvalue weighted by Gasteiger charge is 2.20. The summed E-state index contributed by atoms with van der Waals surface area (Å²) in [5, 5.41) is 3.84. The second-order valence-electron chi connectivity index (χ2n) is 5.31. The van der Waals surface area contributed by atoms with Crippen LogP contribution in [0.15, 0.2) is 18.2 Å². The Balaban J connectivity index is 1.86. The van der Waals surface area contributed by atoms with E-state index in [0.717, 1.165) is 26.2 Å². The summed E-state index contributed by atoms with van der Waals surface area (Å²) in [7, 11) is 0. The molecule has 1 aliphatic rings. The fourth-order valence-corrected chi connectivity index (χ4v) is 2.87. The molecule has 1 aromatic rings. The molecule has 0 saturated carbocycles. The summed E-state index contributed by atoms with van der Waals surface area (Å²) in [5.74, 6) is 0.798. The van der Waals surface area contributed by atoms with Crippen molar-refractivity contribution in [1.29, 1.82) is 0 Å². The molecule has 0 amide bonds. The highest BCUT2D eigenvalue weighted by molar-refractivity contribution is 6.30. The first-order valence-corrected chi connectivity index (χ1v) is 7.62. The summed E-state index contributed by atoms with van der Waals surface area (Å²) in [6, 6.07) is 4.71. The zero-order valence-corrected chi connectivity index (χ0v) is 12.9. The third-order valence-electron chi connectivity index (χ3n) is 3.80. The Labute approximate surface area is 129 Å². The fraction of sp³-hybridized carbons (Fsp3) is 0.600. The maximum atomic E-state index is 12.4. The molecule has 0 spiro atoms. The van der Waals surface area contributed by atoms with E-state index in [0.29, 0.717) is 23.0 Å². The van der Waals surface area contributed by atoms with E-state index in [4.69, 9.17) is 11.6 Å². The highest BCUT2D eigenvalue weighted by Crippen LogP contribution is 2.24. The van der Waals surface area contributed by atoms with Crippen LogP contribution in [-0.4, -0.2) is 37.7 Å². The van der Waals surface area contributed by atoms with Crippen molar-refractivity contribution < 1.29 is 13.5 Å². The molecule has 2 rings (SSSR count). The molecule has 0 radical (unpaired) electrons. The largest absolute Gasteiger partial charge is 0.434 e. The standard InChI is InChI=1S/C15H21ClF2N2O/c1-2-20-6-5-11(10-20)8-19-9-12-7-13(16)3-4-14(12)21-15(17)18/h3-4,7,11,15,19H,2,5-6,8-10H2,1H3. The molecular weight excluding hydrogens is 298 g/mol. The Hall–Kier alpha value is -0.910. The number of nitrogens with one attached hydrogen (secondary N) is 1. The van der Waals surface area contributed by atoms with Crippen LogP contribution in [0.5, 0.6) is 5.75 Å². The number of ether oxygens (including phenoxy) is 1. The predicted molar refractivity (Wildman–Crippen MR) is 80.0 cm³/mol. The lowest BCUT2D eigenvalue weighted by Gasteiger charge is -2.15. The van der Waals surface area contributed by atoms with Crippen LogP contribution in [0.3, 0.4) is 0 Å². The first-order chi connectivity index (χ1) is 10.1. The molecule has 1 aromatic carbocycles. The van der Waals surface area contributed by atoms with Crippen LogP contribution >= 0.6 is 11.6 Å². The van der Waals surface area contributed by atoms with Crippen LogP contribution in [0.4, 0.5) is 8.78 Å². The second-order valence-corrected chi connectivity index (χ2v) is 5.75. The van der Waals surface area contributed by atoms with Gasteiger partial charge in [-0.1, -0.05) is 18.5 Å². The Morgan fingerprint density at radius 1 is 1.48 bits per heavy atom. The van der Waals surface area contributed by atoms with Gasteiger partial charge in [-0.2, -0.15) is 8.78 Å². The molecule has 1 fully saturated rings. The van der Waals surface area contributed by atoms with Gasteiger partial charge in [0, 0.05) is 23.7 Å². The Morgan fingerprint density at radius 3 is 2.95 bits per heavy atom. The van der Waals surface area contributed by atoms with E-state index in [9.17, 15) is 8.78 Å². The van der Waals surface area contributed by atoms with Crippen LogP contribution in [-0.2, 0) is 6.54 Å². The average molecular weight is 319 g/mol. The molecule has 0 bridgehead atoms. The summed E-state index contributed by atoms with van der Waals surface area (Å²) < 4.78 is 29.3. The van der Waals surface area contributed by atoms with Gasteiger partial charge in [0.2, 0.25) is 0 Å². The Morgan fingerprint density at radius 2 is 2.29 bits per heavy atom. The second kappa shape index (κ2) is 7.92. The molecule has 1 unspecified atom stereocenters. The van der Waals surface area contributed by atoms with Gasteiger partial charge in [0.05, 0.1) is 0 Å². The van der Waals surface area contributed by atoms with Gasteiger partial charge in [0.25, 0.3) is 0 Å². The Kier molecular flexibility index (Phi) is 6.21. The predicted octanol–water partition coefficient (Wildman–Crippen LogP) is 3.37. The lowest BCUT2D eigenvalue weighted by molar-refractivity contribution is -0.0505. The smallest absolute Gasteiger partial charge is 0.387 e. The molecule has 6 heteroatoms. The SMILES string of the molecule is CCN1CCC(CNCc2cc(Cl)ccc2OC(F)F)C1. The van der Waals surface area contributed by atoms with Crippen LogP contribution in [0.1, 0.15) is 18.9 Å². The van der Waals surface area contributed by atoms with E-state index in [1.54, 1.807) is 12.1 Å².